The van der Waals surface area contributed by atoms with E-state index in [2.05, 4.69) is 35.2 Å². The summed E-state index contributed by atoms with van der Waals surface area (Å²) in [4.78, 5) is 32.4. The normalized spacial score (nSPS) is 20.2. The first kappa shape index (κ1) is 20.6. The fraction of sp³-hybridized carbons (Fsp3) is 0.522. The molecular formula is C23H30N4O3. The Labute approximate surface area is 177 Å². The Morgan fingerprint density at radius 2 is 2.00 bits per heavy atom. The van der Waals surface area contributed by atoms with E-state index in [9.17, 15) is 9.59 Å². The van der Waals surface area contributed by atoms with E-state index in [1.165, 1.54) is 5.56 Å². The van der Waals surface area contributed by atoms with Gasteiger partial charge in [-0.15, -0.1) is 0 Å². The summed E-state index contributed by atoms with van der Waals surface area (Å²) in [6.45, 7) is 9.95. The lowest BCUT2D eigenvalue weighted by Gasteiger charge is -2.40. The van der Waals surface area contributed by atoms with Gasteiger partial charge in [0.25, 0.3) is 0 Å². The van der Waals surface area contributed by atoms with Gasteiger partial charge in [-0.1, -0.05) is 35.0 Å². The molecule has 0 spiro atoms. The van der Waals surface area contributed by atoms with Gasteiger partial charge in [-0.25, -0.2) is 0 Å². The summed E-state index contributed by atoms with van der Waals surface area (Å²) in [6.07, 6.45) is 1.16. The monoisotopic (exact) mass is 410 g/mol. The van der Waals surface area contributed by atoms with Crippen LogP contribution in [0.1, 0.15) is 34.6 Å². The van der Waals surface area contributed by atoms with Gasteiger partial charge < -0.3 is 14.3 Å². The van der Waals surface area contributed by atoms with Crippen LogP contribution >= 0.6 is 0 Å². The minimum absolute atomic E-state index is 0.0369. The van der Waals surface area contributed by atoms with Gasteiger partial charge in [0, 0.05) is 44.8 Å². The van der Waals surface area contributed by atoms with Gasteiger partial charge in [0.2, 0.25) is 11.8 Å². The zero-order valence-electron chi connectivity index (χ0n) is 18.1. The molecule has 2 aromatic rings. The van der Waals surface area contributed by atoms with E-state index in [1.54, 1.807) is 0 Å². The number of carbonyl (C=O) groups is 2. The first-order valence-electron chi connectivity index (χ1n) is 10.7. The first-order valence-corrected chi connectivity index (χ1v) is 10.7. The van der Waals surface area contributed by atoms with Crippen LogP contribution in [0.25, 0.3) is 0 Å². The van der Waals surface area contributed by atoms with Gasteiger partial charge in [0.1, 0.15) is 11.8 Å². The number of carbonyl (C=O) groups excluding carboxylic acids is 2. The third kappa shape index (κ3) is 4.26. The summed E-state index contributed by atoms with van der Waals surface area (Å²) in [5.41, 5.74) is 3.97. The van der Waals surface area contributed by atoms with Crippen LogP contribution in [0.15, 0.2) is 28.8 Å². The highest BCUT2D eigenvalue weighted by Crippen LogP contribution is 2.21. The fourth-order valence-corrected chi connectivity index (χ4v) is 4.54. The second-order valence-corrected chi connectivity index (χ2v) is 8.47. The smallest absolute Gasteiger partial charge is 0.242 e. The number of fused-ring (bicyclic) bond motifs is 1. The molecule has 160 valence electrons. The summed E-state index contributed by atoms with van der Waals surface area (Å²) in [5, 5.41) is 3.95. The molecule has 2 amide bonds. The summed E-state index contributed by atoms with van der Waals surface area (Å²) >= 11 is 0. The van der Waals surface area contributed by atoms with Crippen molar-refractivity contribution in [3.05, 3.63) is 52.4 Å². The molecule has 1 aromatic carbocycles. The molecule has 2 fully saturated rings. The summed E-state index contributed by atoms with van der Waals surface area (Å²) in [6, 6.07) is 8.04. The number of benzene rings is 1. The number of piperazine rings is 1. The maximum atomic E-state index is 13.3. The van der Waals surface area contributed by atoms with Crippen LogP contribution in [0, 0.1) is 20.8 Å². The predicted molar refractivity (Wildman–Crippen MR) is 113 cm³/mol. The summed E-state index contributed by atoms with van der Waals surface area (Å²) < 4.78 is 5.20. The standard InChI is InChI=1S/C23H30N4O3/c1-16-6-4-7-19(12-16)14-27-11-10-25-8-5-9-26(15-21(25)23(27)29)22(28)13-20-17(2)24-30-18(20)3/h4,6-7,12,21H,5,8-11,13-15H2,1-3H3. The molecule has 7 heteroatoms. The van der Waals surface area contributed by atoms with Crippen LogP contribution in [0.4, 0.5) is 0 Å². The lowest BCUT2D eigenvalue weighted by molar-refractivity contribution is -0.143. The van der Waals surface area contributed by atoms with E-state index in [1.807, 2.05) is 29.7 Å². The number of aromatic nitrogens is 1. The van der Waals surface area contributed by atoms with Crippen LogP contribution in [-0.4, -0.2) is 70.4 Å². The molecule has 0 aliphatic carbocycles. The zero-order chi connectivity index (χ0) is 21.3. The van der Waals surface area contributed by atoms with Gasteiger partial charge in [-0.2, -0.15) is 0 Å². The Kier molecular flexibility index (Phi) is 5.90. The Hall–Kier alpha value is -2.67. The molecule has 2 aliphatic rings. The Morgan fingerprint density at radius 3 is 2.73 bits per heavy atom. The third-order valence-electron chi connectivity index (χ3n) is 6.28. The van der Waals surface area contributed by atoms with Crippen LogP contribution < -0.4 is 0 Å². The molecule has 0 bridgehead atoms. The summed E-state index contributed by atoms with van der Waals surface area (Å²) in [5.74, 6) is 0.852. The number of aryl methyl sites for hydroxylation is 3. The Morgan fingerprint density at radius 1 is 1.17 bits per heavy atom. The van der Waals surface area contributed by atoms with E-state index in [-0.39, 0.29) is 24.3 Å². The number of hydrogen-bond acceptors (Lipinski definition) is 5. The van der Waals surface area contributed by atoms with Crippen molar-refractivity contribution in [3.63, 3.8) is 0 Å². The highest BCUT2D eigenvalue weighted by molar-refractivity contribution is 5.85. The first-order chi connectivity index (χ1) is 14.4. The third-order valence-corrected chi connectivity index (χ3v) is 6.28. The second kappa shape index (κ2) is 8.60. The molecule has 0 N–H and O–H groups in total. The molecule has 0 saturated carbocycles. The SMILES string of the molecule is Cc1cccc(CN2CCN3CCCN(C(=O)Cc4c(C)noc4C)CC3C2=O)c1. The van der Waals surface area contributed by atoms with Gasteiger partial charge in [-0.05, 0) is 32.8 Å². The molecule has 3 heterocycles. The average molecular weight is 411 g/mol. The lowest BCUT2D eigenvalue weighted by atomic mass is 10.1. The molecule has 1 aromatic heterocycles. The van der Waals surface area contributed by atoms with Gasteiger partial charge in [0.05, 0.1) is 12.1 Å². The molecule has 2 saturated heterocycles. The van der Waals surface area contributed by atoms with Gasteiger partial charge >= 0.3 is 0 Å². The second-order valence-electron chi connectivity index (χ2n) is 8.47. The molecule has 7 nitrogen and oxygen atoms in total. The molecule has 1 atom stereocenters. The van der Waals surface area contributed by atoms with Crippen molar-refractivity contribution < 1.29 is 14.1 Å². The minimum Gasteiger partial charge on any atom is -0.361 e. The molecular weight excluding hydrogens is 380 g/mol. The topological polar surface area (TPSA) is 69.9 Å². The van der Waals surface area contributed by atoms with Crippen molar-refractivity contribution in [3.8, 4) is 0 Å². The molecule has 1 unspecified atom stereocenters. The van der Waals surface area contributed by atoms with Crippen molar-refractivity contribution in [2.75, 3.05) is 32.7 Å². The highest BCUT2D eigenvalue weighted by Gasteiger charge is 2.38. The quantitative estimate of drug-likeness (QED) is 0.772. The van der Waals surface area contributed by atoms with Crippen LogP contribution in [-0.2, 0) is 22.6 Å². The predicted octanol–water partition coefficient (Wildman–Crippen LogP) is 2.09. The van der Waals surface area contributed by atoms with E-state index in [0.717, 1.165) is 42.9 Å². The molecule has 2 aliphatic heterocycles. The molecule has 30 heavy (non-hydrogen) atoms. The van der Waals surface area contributed by atoms with Crippen molar-refractivity contribution in [1.29, 1.82) is 0 Å². The zero-order valence-corrected chi connectivity index (χ0v) is 18.1. The summed E-state index contributed by atoms with van der Waals surface area (Å²) in [7, 11) is 0. The Balaban J connectivity index is 1.46. The van der Waals surface area contributed by atoms with E-state index in [0.29, 0.717) is 25.4 Å². The van der Waals surface area contributed by atoms with Gasteiger partial charge in [0.15, 0.2) is 0 Å². The number of amides is 2. The van der Waals surface area contributed by atoms with Crippen molar-refractivity contribution >= 4 is 11.8 Å². The Bertz CT molecular complexity index is 919. The van der Waals surface area contributed by atoms with E-state index in [4.69, 9.17) is 4.52 Å². The number of rotatable bonds is 4. The average Bonchev–Trinajstić information content (AvgIpc) is 2.92. The van der Waals surface area contributed by atoms with E-state index < -0.39 is 0 Å². The number of hydrogen-bond donors (Lipinski definition) is 0. The molecule has 4 rings (SSSR count). The van der Waals surface area contributed by atoms with Crippen molar-refractivity contribution in [2.24, 2.45) is 0 Å². The minimum atomic E-state index is -0.264. The maximum Gasteiger partial charge on any atom is 0.242 e. The van der Waals surface area contributed by atoms with Crippen LogP contribution in [0.3, 0.4) is 0 Å². The fourth-order valence-electron chi connectivity index (χ4n) is 4.54. The van der Waals surface area contributed by atoms with Crippen LogP contribution in [0.5, 0.6) is 0 Å². The molecule has 0 radical (unpaired) electrons. The van der Waals surface area contributed by atoms with Crippen LogP contribution in [0.2, 0.25) is 0 Å². The maximum absolute atomic E-state index is 13.3. The van der Waals surface area contributed by atoms with Crippen molar-refractivity contribution in [2.45, 2.75) is 46.2 Å². The lowest BCUT2D eigenvalue weighted by Crippen LogP contribution is -2.59. The highest BCUT2D eigenvalue weighted by atomic mass is 16.5. The largest absolute Gasteiger partial charge is 0.361 e. The number of nitrogens with zero attached hydrogens (tertiary/aromatic N) is 4. The van der Waals surface area contributed by atoms with Gasteiger partial charge in [-0.3, -0.25) is 14.5 Å². The van der Waals surface area contributed by atoms with Crippen molar-refractivity contribution in [1.82, 2.24) is 19.9 Å². The van der Waals surface area contributed by atoms with E-state index >= 15 is 0 Å².